The van der Waals surface area contributed by atoms with Crippen LogP contribution in [0.5, 0.6) is 5.75 Å². The standard InChI is InChI=1S/C18H18N2O/c19-17-10-11-20-12-16(17)15-8-4-5-9-18(15)21-13-14-6-2-1-3-7-14/h1-11,20H,12-13,19H2. The third-order valence-corrected chi connectivity index (χ3v) is 3.46. The fraction of sp³-hybridized carbons (Fsp3) is 0.111. The lowest BCUT2D eigenvalue weighted by Crippen LogP contribution is -2.18. The molecule has 3 nitrogen and oxygen atoms in total. The summed E-state index contributed by atoms with van der Waals surface area (Å²) < 4.78 is 5.98. The van der Waals surface area contributed by atoms with Gasteiger partial charge >= 0.3 is 0 Å². The fourth-order valence-corrected chi connectivity index (χ4v) is 2.34. The molecule has 106 valence electrons. The molecule has 3 N–H and O–H groups in total. The number of ether oxygens (including phenoxy) is 1. The molecular weight excluding hydrogens is 260 g/mol. The van der Waals surface area contributed by atoms with E-state index in [1.807, 2.05) is 54.7 Å². The smallest absolute Gasteiger partial charge is 0.127 e. The third kappa shape index (κ3) is 3.08. The Kier molecular flexibility index (Phi) is 3.92. The molecule has 0 aliphatic carbocycles. The molecule has 0 saturated heterocycles. The Labute approximate surface area is 124 Å². The van der Waals surface area contributed by atoms with Crippen molar-refractivity contribution in [3.63, 3.8) is 0 Å². The van der Waals surface area contributed by atoms with Gasteiger partial charge in [0.05, 0.1) is 0 Å². The first-order chi connectivity index (χ1) is 10.3. The predicted molar refractivity (Wildman–Crippen MR) is 85.5 cm³/mol. The minimum absolute atomic E-state index is 0.550. The molecule has 0 radical (unpaired) electrons. The lowest BCUT2D eigenvalue weighted by Gasteiger charge is -2.18. The van der Waals surface area contributed by atoms with E-state index in [1.165, 1.54) is 0 Å². The van der Waals surface area contributed by atoms with Gasteiger partial charge in [0.15, 0.2) is 0 Å². The molecule has 0 spiro atoms. The van der Waals surface area contributed by atoms with Crippen LogP contribution in [0.25, 0.3) is 5.57 Å². The molecule has 21 heavy (non-hydrogen) atoms. The molecular formula is C18H18N2O. The highest BCUT2D eigenvalue weighted by Crippen LogP contribution is 2.28. The van der Waals surface area contributed by atoms with Crippen LogP contribution in [-0.4, -0.2) is 6.54 Å². The van der Waals surface area contributed by atoms with E-state index in [-0.39, 0.29) is 0 Å². The van der Waals surface area contributed by atoms with Gasteiger partial charge in [-0.3, -0.25) is 0 Å². The Balaban J connectivity index is 1.85. The van der Waals surface area contributed by atoms with Crippen molar-refractivity contribution in [1.82, 2.24) is 5.32 Å². The lowest BCUT2D eigenvalue weighted by molar-refractivity contribution is 0.305. The molecule has 2 aromatic carbocycles. The van der Waals surface area contributed by atoms with Crippen LogP contribution in [0.1, 0.15) is 11.1 Å². The molecule has 0 atom stereocenters. The summed E-state index contributed by atoms with van der Waals surface area (Å²) in [5.74, 6) is 0.858. The van der Waals surface area contributed by atoms with Crippen LogP contribution in [0.4, 0.5) is 0 Å². The number of nitrogens with one attached hydrogen (secondary N) is 1. The Bertz CT molecular complexity index is 675. The highest BCUT2D eigenvalue weighted by Gasteiger charge is 2.13. The van der Waals surface area contributed by atoms with Crippen LogP contribution in [0.15, 0.2) is 72.6 Å². The van der Waals surface area contributed by atoms with Crippen molar-refractivity contribution in [3.05, 3.63) is 83.7 Å². The molecule has 2 aromatic rings. The zero-order chi connectivity index (χ0) is 14.5. The van der Waals surface area contributed by atoms with Crippen LogP contribution < -0.4 is 15.8 Å². The Hall–Kier alpha value is -2.68. The summed E-state index contributed by atoms with van der Waals surface area (Å²) in [7, 11) is 0. The monoisotopic (exact) mass is 278 g/mol. The Morgan fingerprint density at radius 2 is 1.76 bits per heavy atom. The molecule has 0 saturated carbocycles. The van der Waals surface area contributed by atoms with Crippen molar-refractivity contribution < 1.29 is 4.74 Å². The largest absolute Gasteiger partial charge is 0.488 e. The van der Waals surface area contributed by atoms with Gasteiger partial charge in [-0.25, -0.2) is 0 Å². The normalized spacial score (nSPS) is 13.9. The van der Waals surface area contributed by atoms with E-state index in [0.717, 1.165) is 28.1 Å². The van der Waals surface area contributed by atoms with Gasteiger partial charge in [0.1, 0.15) is 12.4 Å². The van der Waals surface area contributed by atoms with Gasteiger partial charge in [0.25, 0.3) is 0 Å². The van der Waals surface area contributed by atoms with E-state index in [2.05, 4.69) is 17.4 Å². The number of hydrogen-bond donors (Lipinski definition) is 2. The molecule has 3 heteroatoms. The zero-order valence-electron chi connectivity index (χ0n) is 11.8. The lowest BCUT2D eigenvalue weighted by atomic mass is 10.0. The quantitative estimate of drug-likeness (QED) is 0.903. The number of benzene rings is 2. The first-order valence-corrected chi connectivity index (χ1v) is 6.99. The highest BCUT2D eigenvalue weighted by molar-refractivity contribution is 5.76. The number of dihydropyridines is 1. The number of rotatable bonds is 4. The summed E-state index contributed by atoms with van der Waals surface area (Å²) in [6.45, 7) is 1.27. The first-order valence-electron chi connectivity index (χ1n) is 6.99. The van der Waals surface area contributed by atoms with Crippen molar-refractivity contribution in [2.24, 2.45) is 5.73 Å². The van der Waals surface area contributed by atoms with Gasteiger partial charge in [-0.1, -0.05) is 48.5 Å². The van der Waals surface area contributed by atoms with Crippen molar-refractivity contribution in [1.29, 1.82) is 0 Å². The summed E-state index contributed by atoms with van der Waals surface area (Å²) in [6, 6.07) is 18.2. The van der Waals surface area contributed by atoms with Crippen molar-refractivity contribution in [2.45, 2.75) is 6.61 Å². The van der Waals surface area contributed by atoms with Crippen LogP contribution in [-0.2, 0) is 6.61 Å². The second-order valence-corrected chi connectivity index (χ2v) is 4.92. The molecule has 1 aliphatic heterocycles. The second-order valence-electron chi connectivity index (χ2n) is 4.92. The van der Waals surface area contributed by atoms with Crippen LogP contribution >= 0.6 is 0 Å². The van der Waals surface area contributed by atoms with E-state index >= 15 is 0 Å². The number of para-hydroxylation sites is 1. The molecule has 0 amide bonds. The first kappa shape index (κ1) is 13.3. The fourth-order valence-electron chi connectivity index (χ4n) is 2.34. The molecule has 3 rings (SSSR count). The molecule has 0 bridgehead atoms. The minimum Gasteiger partial charge on any atom is -0.488 e. The SMILES string of the molecule is NC1=C(c2ccccc2OCc2ccccc2)CNC=C1. The van der Waals surface area contributed by atoms with Crippen LogP contribution in [0, 0.1) is 0 Å². The predicted octanol–water partition coefficient (Wildman–Crippen LogP) is 3.05. The average molecular weight is 278 g/mol. The zero-order valence-corrected chi connectivity index (χ0v) is 11.8. The maximum absolute atomic E-state index is 6.08. The van der Waals surface area contributed by atoms with Gasteiger partial charge in [-0.15, -0.1) is 0 Å². The number of hydrogen-bond acceptors (Lipinski definition) is 3. The van der Waals surface area contributed by atoms with Gasteiger partial charge in [-0.05, 0) is 23.9 Å². The molecule has 1 aliphatic rings. The Morgan fingerprint density at radius 3 is 2.57 bits per heavy atom. The molecule has 0 fully saturated rings. The van der Waals surface area contributed by atoms with Crippen LogP contribution in [0.2, 0.25) is 0 Å². The minimum atomic E-state index is 0.550. The molecule has 0 unspecified atom stereocenters. The summed E-state index contributed by atoms with van der Waals surface area (Å²) in [4.78, 5) is 0. The van der Waals surface area contributed by atoms with Crippen molar-refractivity contribution in [3.8, 4) is 5.75 Å². The summed E-state index contributed by atoms with van der Waals surface area (Å²) in [6.07, 6.45) is 3.75. The summed E-state index contributed by atoms with van der Waals surface area (Å²) in [5.41, 5.74) is 10.1. The van der Waals surface area contributed by atoms with Crippen LogP contribution in [0.3, 0.4) is 0 Å². The maximum Gasteiger partial charge on any atom is 0.127 e. The molecule has 1 heterocycles. The van der Waals surface area contributed by atoms with Crippen molar-refractivity contribution >= 4 is 5.57 Å². The van der Waals surface area contributed by atoms with E-state index in [4.69, 9.17) is 10.5 Å². The van der Waals surface area contributed by atoms with Gasteiger partial charge in [-0.2, -0.15) is 0 Å². The maximum atomic E-state index is 6.08. The number of allylic oxidation sites excluding steroid dienone is 1. The number of nitrogens with two attached hydrogens (primary N) is 1. The van der Waals surface area contributed by atoms with Gasteiger partial charge in [0.2, 0.25) is 0 Å². The van der Waals surface area contributed by atoms with Gasteiger partial charge in [0, 0.05) is 23.4 Å². The Morgan fingerprint density at radius 1 is 1.00 bits per heavy atom. The van der Waals surface area contributed by atoms with E-state index < -0.39 is 0 Å². The highest BCUT2D eigenvalue weighted by atomic mass is 16.5. The van der Waals surface area contributed by atoms with E-state index in [9.17, 15) is 0 Å². The topological polar surface area (TPSA) is 47.3 Å². The van der Waals surface area contributed by atoms with E-state index in [0.29, 0.717) is 13.2 Å². The van der Waals surface area contributed by atoms with E-state index in [1.54, 1.807) is 0 Å². The molecule has 0 aromatic heterocycles. The van der Waals surface area contributed by atoms with Gasteiger partial charge < -0.3 is 15.8 Å². The second kappa shape index (κ2) is 6.18. The average Bonchev–Trinajstić information content (AvgIpc) is 2.55. The summed E-state index contributed by atoms with van der Waals surface area (Å²) >= 11 is 0. The third-order valence-electron chi connectivity index (χ3n) is 3.46. The summed E-state index contributed by atoms with van der Waals surface area (Å²) in [5, 5.41) is 3.19. The van der Waals surface area contributed by atoms with Crippen molar-refractivity contribution in [2.75, 3.05) is 6.54 Å².